The van der Waals surface area contributed by atoms with E-state index in [0.29, 0.717) is 0 Å². The first-order chi connectivity index (χ1) is 7.59. The first-order valence-corrected chi connectivity index (χ1v) is 5.62. The molecule has 2 aliphatic heterocycles. The number of aliphatic carboxylic acids is 1. The van der Waals surface area contributed by atoms with Gasteiger partial charge in [0.05, 0.1) is 10.8 Å². The molecule has 0 bridgehead atoms. The fourth-order valence-corrected chi connectivity index (χ4v) is 4.32. The van der Waals surface area contributed by atoms with Crippen molar-refractivity contribution in [3.05, 3.63) is 0 Å². The highest BCUT2D eigenvalue weighted by atomic mass is 32.2. The molecule has 1 amide bonds. The lowest BCUT2D eigenvalue weighted by Gasteiger charge is -2.50. The monoisotopic (exact) mass is 231 g/mol. The summed E-state index contributed by atoms with van der Waals surface area (Å²) >= 11 is 1.42. The molecule has 84 valence electrons. The van der Waals surface area contributed by atoms with Crippen LogP contribution in [0.3, 0.4) is 0 Å². The molecule has 0 aromatic rings. The smallest absolute Gasteiger partial charge is 0.327 e. The van der Waals surface area contributed by atoms with Crippen LogP contribution in [0.2, 0.25) is 0 Å². The number of hydrogen-bond acceptors (Lipinski definition) is 4. The fraction of sp³-hybridized carbons (Fsp3) is 0.800. The first kappa shape index (κ1) is 8.44. The standard InChI is InChI=1S/C10H15NO3S/c1-5-7(12)11-6(8(13)14)9(2,3)15-10(5,11)4/h5-6H,1-4H3,(H,13,14)/i5D/hD. The molecule has 0 aromatic carbocycles. The SMILES string of the molecule is [2H]OC(=O)C1N2C(=O)C([2H])(C)C2(C)SC1(C)C. The summed E-state index contributed by atoms with van der Waals surface area (Å²) in [6.07, 6.45) is 0. The van der Waals surface area contributed by atoms with Crippen molar-refractivity contribution in [1.82, 2.24) is 4.90 Å². The van der Waals surface area contributed by atoms with Crippen LogP contribution < -0.4 is 0 Å². The van der Waals surface area contributed by atoms with Crippen LogP contribution in [0, 0.1) is 5.89 Å². The zero-order valence-electron chi connectivity index (χ0n) is 11.2. The van der Waals surface area contributed by atoms with Crippen molar-refractivity contribution in [3.63, 3.8) is 0 Å². The maximum absolute atomic E-state index is 11.9. The van der Waals surface area contributed by atoms with E-state index in [1.807, 2.05) is 13.8 Å². The summed E-state index contributed by atoms with van der Waals surface area (Å²) in [5.41, 5.74) is 0. The molecule has 0 saturated carbocycles. The summed E-state index contributed by atoms with van der Waals surface area (Å²) in [5, 5.41) is 4.03. The van der Waals surface area contributed by atoms with Gasteiger partial charge in [-0.05, 0) is 20.8 Å². The molecule has 2 aliphatic rings. The summed E-state index contributed by atoms with van der Waals surface area (Å²) in [6, 6.07) is -0.791. The highest BCUT2D eigenvalue weighted by Crippen LogP contribution is 2.60. The number of amides is 1. The van der Waals surface area contributed by atoms with Crippen LogP contribution in [-0.2, 0) is 9.59 Å². The van der Waals surface area contributed by atoms with Gasteiger partial charge in [0.15, 0.2) is 0 Å². The van der Waals surface area contributed by atoms with Crippen molar-refractivity contribution in [2.45, 2.75) is 43.4 Å². The van der Waals surface area contributed by atoms with Crippen molar-refractivity contribution in [1.29, 1.82) is 1.43 Å². The molecule has 0 spiro atoms. The van der Waals surface area contributed by atoms with Gasteiger partial charge in [0.2, 0.25) is 5.91 Å². The predicted molar refractivity (Wildman–Crippen MR) is 57.5 cm³/mol. The molecule has 0 aliphatic carbocycles. The largest absolute Gasteiger partial charge is 0.480 e. The Labute approximate surface area is 95.9 Å². The third kappa shape index (κ3) is 1.10. The number of carboxylic acid groups (broad SMARTS) is 1. The summed E-state index contributed by atoms with van der Waals surface area (Å²) in [7, 11) is 0. The Morgan fingerprint density at radius 3 is 2.80 bits per heavy atom. The minimum atomic E-state index is -1.23. The number of carbonyl (C=O) groups is 2. The number of fused-ring (bicyclic) bond motifs is 1. The molecule has 3 unspecified atom stereocenters. The van der Waals surface area contributed by atoms with Crippen LogP contribution in [0.4, 0.5) is 0 Å². The van der Waals surface area contributed by atoms with Gasteiger partial charge in [0.1, 0.15) is 6.04 Å². The van der Waals surface area contributed by atoms with E-state index < -0.39 is 27.5 Å². The van der Waals surface area contributed by atoms with Gasteiger partial charge in [-0.25, -0.2) is 4.79 Å². The predicted octanol–water partition coefficient (Wildman–Crippen LogP) is 1.16. The van der Waals surface area contributed by atoms with Crippen molar-refractivity contribution < 1.29 is 16.1 Å². The zero-order chi connectivity index (χ0) is 13.2. The van der Waals surface area contributed by atoms with E-state index in [2.05, 4.69) is 5.11 Å². The Bertz CT molecular complexity index is 412. The van der Waals surface area contributed by atoms with Crippen LogP contribution in [0.1, 0.15) is 29.1 Å². The van der Waals surface area contributed by atoms with Gasteiger partial charge in [-0.3, -0.25) is 4.79 Å². The highest BCUT2D eigenvalue weighted by Gasteiger charge is 2.69. The summed E-state index contributed by atoms with van der Waals surface area (Å²) < 4.78 is 14.2. The van der Waals surface area contributed by atoms with E-state index in [9.17, 15) is 9.59 Å². The van der Waals surface area contributed by atoms with Crippen LogP contribution in [0.5, 0.6) is 0 Å². The number of rotatable bonds is 1. The van der Waals surface area contributed by atoms with Crippen LogP contribution in [0.25, 0.3) is 1.43 Å². The number of thioether (sulfide) groups is 1. The molecule has 0 radical (unpaired) electrons. The van der Waals surface area contributed by atoms with Crippen LogP contribution >= 0.6 is 11.8 Å². The van der Waals surface area contributed by atoms with E-state index in [1.165, 1.54) is 16.7 Å². The van der Waals surface area contributed by atoms with Crippen LogP contribution in [-0.4, -0.2) is 37.5 Å². The molecule has 5 heteroatoms. The van der Waals surface area contributed by atoms with Crippen molar-refractivity contribution in [2.24, 2.45) is 5.89 Å². The molecule has 2 rings (SSSR count). The molecule has 1 N–H and O–H groups in total. The maximum Gasteiger partial charge on any atom is 0.327 e. The van der Waals surface area contributed by atoms with E-state index in [4.69, 9.17) is 2.80 Å². The van der Waals surface area contributed by atoms with Crippen molar-refractivity contribution in [2.75, 3.05) is 0 Å². The second-order valence-corrected chi connectivity index (χ2v) is 6.76. The van der Waals surface area contributed by atoms with Gasteiger partial charge >= 0.3 is 5.97 Å². The molecule has 3 atom stereocenters. The number of hydrogen-bond donors (Lipinski definition) is 1. The average molecular weight is 231 g/mol. The molecule has 2 fully saturated rings. The van der Waals surface area contributed by atoms with Crippen LogP contribution in [0.15, 0.2) is 0 Å². The molecular weight excluding hydrogens is 214 g/mol. The molecule has 0 aromatic heterocycles. The highest BCUT2D eigenvalue weighted by molar-refractivity contribution is 8.02. The van der Waals surface area contributed by atoms with Gasteiger partial charge < -0.3 is 10.0 Å². The van der Waals surface area contributed by atoms with Gasteiger partial charge in [-0.15, -0.1) is 11.8 Å². The lowest BCUT2D eigenvalue weighted by Crippen LogP contribution is -2.67. The minimum absolute atomic E-state index is 0.381. The summed E-state index contributed by atoms with van der Waals surface area (Å²) in [5.74, 6) is -2.35. The van der Waals surface area contributed by atoms with E-state index in [1.54, 1.807) is 13.8 Å². The first-order valence-electron chi connectivity index (χ1n) is 5.71. The third-order valence-corrected chi connectivity index (χ3v) is 4.95. The van der Waals surface area contributed by atoms with Gasteiger partial charge in [-0.1, -0.05) is 6.92 Å². The Morgan fingerprint density at radius 2 is 2.27 bits per heavy atom. The fourth-order valence-electron chi connectivity index (χ4n) is 2.46. The molecular formula is C10H15NO3S. The number of β-lactam (4-membered cyclic amide) rings is 1. The van der Waals surface area contributed by atoms with E-state index in [-0.39, 0.29) is 5.91 Å². The third-order valence-electron chi connectivity index (χ3n) is 3.30. The minimum Gasteiger partial charge on any atom is -0.480 e. The van der Waals surface area contributed by atoms with Crippen molar-refractivity contribution >= 4 is 23.6 Å². The second kappa shape index (κ2) is 2.70. The van der Waals surface area contributed by atoms with Gasteiger partial charge in [0, 0.05) is 6.12 Å². The zero-order valence-corrected chi connectivity index (χ0v) is 9.97. The summed E-state index contributed by atoms with van der Waals surface area (Å²) in [4.78, 5) is 24.2. The average Bonchev–Trinajstić information content (AvgIpc) is 2.42. The molecule has 4 nitrogen and oxygen atoms in total. The lowest BCUT2D eigenvalue weighted by atomic mass is 9.85. The Balaban J connectivity index is 2.45. The topological polar surface area (TPSA) is 57.6 Å². The summed E-state index contributed by atoms with van der Waals surface area (Å²) in [6.45, 7) is 6.99. The van der Waals surface area contributed by atoms with E-state index >= 15 is 0 Å². The number of carboxylic acids is 1. The van der Waals surface area contributed by atoms with Crippen molar-refractivity contribution in [3.8, 4) is 0 Å². The number of carbonyl (C=O) groups excluding carboxylic acids is 1. The molecule has 2 saturated heterocycles. The maximum atomic E-state index is 11.9. The second-order valence-electron chi connectivity index (χ2n) is 4.71. The number of nitrogens with zero attached hydrogens (tertiary/aromatic N) is 1. The lowest BCUT2D eigenvalue weighted by molar-refractivity contribution is -0.169. The quantitative estimate of drug-likeness (QED) is 0.688. The van der Waals surface area contributed by atoms with Gasteiger partial charge in [-0.2, -0.15) is 0 Å². The van der Waals surface area contributed by atoms with Gasteiger partial charge in [0.25, 0.3) is 1.43 Å². The Morgan fingerprint density at radius 1 is 1.67 bits per heavy atom. The molecule has 15 heavy (non-hydrogen) atoms. The molecule has 2 heterocycles. The Hall–Kier alpha value is -0.710. The normalized spacial score (nSPS) is 48.9. The Kier molecular flexibility index (Phi) is 1.52. The van der Waals surface area contributed by atoms with E-state index in [0.717, 1.165) is 0 Å².